The van der Waals surface area contributed by atoms with E-state index in [1.807, 2.05) is 0 Å². The van der Waals surface area contributed by atoms with Gasteiger partial charge in [-0.2, -0.15) is 0 Å². The molecule has 9 heavy (non-hydrogen) atoms. The first-order chi connectivity index (χ1) is 4.04. The van der Waals surface area contributed by atoms with Crippen molar-refractivity contribution in [2.24, 2.45) is 0 Å². The van der Waals surface area contributed by atoms with Crippen molar-refractivity contribution in [3.8, 4) is 0 Å². The van der Waals surface area contributed by atoms with Crippen LogP contribution in [0.25, 0.3) is 0 Å². The fourth-order valence-corrected chi connectivity index (χ4v) is 0.268. The summed E-state index contributed by atoms with van der Waals surface area (Å²) >= 11 is 0. The van der Waals surface area contributed by atoms with Gasteiger partial charge in [-0.15, -0.1) is 0 Å². The lowest BCUT2D eigenvalue weighted by atomic mass is 10.5. The van der Waals surface area contributed by atoms with Gasteiger partial charge in [-0.05, 0) is 6.92 Å². The number of hydrogen-bond donors (Lipinski definition) is 0. The van der Waals surface area contributed by atoms with Crippen molar-refractivity contribution in [2.75, 3.05) is 14.1 Å². The number of hydrogen-bond acceptors (Lipinski definition) is 3. The zero-order chi connectivity index (χ0) is 7.44. The molecule has 0 aromatic heterocycles. The van der Waals surface area contributed by atoms with Crippen LogP contribution in [0.4, 0.5) is 0 Å². The summed E-state index contributed by atoms with van der Waals surface area (Å²) in [6.45, 7) is 1.68. The Hall–Kier alpha value is -1.06. The van der Waals surface area contributed by atoms with Crippen molar-refractivity contribution in [3.63, 3.8) is 0 Å². The van der Waals surface area contributed by atoms with Gasteiger partial charge in [-0.3, -0.25) is 10.1 Å². The zero-order valence-corrected chi connectivity index (χ0v) is 5.79. The van der Waals surface area contributed by atoms with Gasteiger partial charge in [0.05, 0.1) is 10.6 Å². The molecule has 0 saturated carbocycles. The van der Waals surface area contributed by atoms with E-state index < -0.39 is 4.92 Å². The third kappa shape index (κ3) is 3.52. The molecule has 0 fully saturated rings. The number of nitrogens with zero attached hydrogens (tertiary/aromatic N) is 2. The summed E-state index contributed by atoms with van der Waals surface area (Å²) in [7, 11) is 3.52. The molecule has 0 spiro atoms. The molecule has 0 heterocycles. The lowest BCUT2D eigenvalue weighted by Crippen LogP contribution is -2.09. The maximum absolute atomic E-state index is 9.82. The molecule has 0 radical (unpaired) electrons. The smallest absolute Gasteiger partial charge is 0.253 e. The molecule has 0 bridgehead atoms. The van der Waals surface area contributed by atoms with Crippen LogP contribution in [-0.4, -0.2) is 23.9 Å². The van der Waals surface area contributed by atoms with E-state index in [4.69, 9.17) is 0 Å². The average Bonchev–Trinajstić information content (AvgIpc) is 1.63. The fraction of sp³-hybridized carbons (Fsp3) is 0.600. The highest BCUT2D eigenvalue weighted by atomic mass is 16.6. The highest BCUT2D eigenvalue weighted by Gasteiger charge is 1.95. The van der Waals surface area contributed by atoms with Gasteiger partial charge in [0.15, 0.2) is 0 Å². The molecule has 0 aromatic rings. The Kier molecular flexibility index (Phi) is 2.70. The fourth-order valence-electron chi connectivity index (χ4n) is 0.268. The molecule has 0 atom stereocenters. The Balaban J connectivity index is 4.00. The molecule has 0 rings (SSSR count). The molecule has 0 aromatic carbocycles. The van der Waals surface area contributed by atoms with Crippen LogP contribution < -0.4 is 0 Å². The molecule has 0 saturated heterocycles. The second-order valence-electron chi connectivity index (χ2n) is 1.95. The molecular formula is C5H10N2O2. The number of rotatable bonds is 2. The molecule has 0 aliphatic carbocycles. The molecular weight excluding hydrogens is 120 g/mol. The van der Waals surface area contributed by atoms with Crippen molar-refractivity contribution in [1.29, 1.82) is 0 Å². The summed E-state index contributed by atoms with van der Waals surface area (Å²) in [6, 6.07) is 0. The second kappa shape index (κ2) is 3.06. The van der Waals surface area contributed by atoms with Crippen molar-refractivity contribution < 1.29 is 4.92 Å². The summed E-state index contributed by atoms with van der Waals surface area (Å²) in [4.78, 5) is 11.0. The van der Waals surface area contributed by atoms with Gasteiger partial charge in [-0.25, -0.2) is 0 Å². The minimum Gasteiger partial charge on any atom is -0.376 e. The van der Waals surface area contributed by atoms with Crippen molar-refractivity contribution >= 4 is 0 Å². The quantitative estimate of drug-likeness (QED) is 0.408. The predicted octanol–water partition coefficient (Wildman–Crippen LogP) is 0.686. The van der Waals surface area contributed by atoms with E-state index in [9.17, 15) is 10.1 Å². The molecule has 0 amide bonds. The Bertz CT molecular complexity index is 140. The summed E-state index contributed by atoms with van der Waals surface area (Å²) in [6.07, 6.45) is 0.972. The normalized spacial score (nSPS) is 11.2. The third-order valence-electron chi connectivity index (χ3n) is 0.998. The van der Waals surface area contributed by atoms with Crippen LogP contribution in [-0.2, 0) is 0 Å². The monoisotopic (exact) mass is 130 g/mol. The highest BCUT2D eigenvalue weighted by Crippen LogP contribution is 1.94. The topological polar surface area (TPSA) is 46.4 Å². The van der Waals surface area contributed by atoms with E-state index in [0.717, 1.165) is 6.20 Å². The molecule has 0 unspecified atom stereocenters. The van der Waals surface area contributed by atoms with Crippen molar-refractivity contribution in [2.45, 2.75) is 6.92 Å². The van der Waals surface area contributed by atoms with Gasteiger partial charge < -0.3 is 4.90 Å². The second-order valence-corrected chi connectivity index (χ2v) is 1.95. The highest BCUT2D eigenvalue weighted by molar-refractivity contribution is 4.88. The van der Waals surface area contributed by atoms with Gasteiger partial charge in [0.1, 0.15) is 0 Å². The van der Waals surface area contributed by atoms with Gasteiger partial charge in [0.25, 0.3) is 6.20 Å². The van der Waals surface area contributed by atoms with Crippen molar-refractivity contribution in [3.05, 3.63) is 22.0 Å². The van der Waals surface area contributed by atoms with Gasteiger partial charge in [-0.1, -0.05) is 0 Å². The summed E-state index contributed by atoms with van der Waals surface area (Å²) < 4.78 is 0. The summed E-state index contributed by atoms with van der Waals surface area (Å²) in [5.74, 6) is 0. The molecule has 4 heteroatoms. The Morgan fingerprint density at radius 1 is 1.67 bits per heavy atom. The van der Waals surface area contributed by atoms with E-state index in [-0.39, 0.29) is 0 Å². The van der Waals surface area contributed by atoms with E-state index >= 15 is 0 Å². The van der Waals surface area contributed by atoms with Crippen LogP contribution in [0.2, 0.25) is 0 Å². The summed E-state index contributed by atoms with van der Waals surface area (Å²) in [5.41, 5.74) is 0.639. The van der Waals surface area contributed by atoms with Crippen LogP contribution in [0.5, 0.6) is 0 Å². The van der Waals surface area contributed by atoms with E-state index in [0.29, 0.717) is 5.70 Å². The number of allylic oxidation sites excluding steroid dienone is 1. The van der Waals surface area contributed by atoms with Gasteiger partial charge in [0, 0.05) is 14.1 Å². The Labute approximate surface area is 53.9 Å². The van der Waals surface area contributed by atoms with E-state index in [1.54, 1.807) is 25.9 Å². The number of nitro groups is 1. The van der Waals surface area contributed by atoms with Crippen LogP contribution in [0.1, 0.15) is 6.92 Å². The standard InChI is InChI=1S/C5H10N2O2/c1-5(6(2)3)4-7(8)9/h4H,1-3H3/b5-4-. The lowest BCUT2D eigenvalue weighted by Gasteiger charge is -2.08. The van der Waals surface area contributed by atoms with Crippen LogP contribution in [0, 0.1) is 10.1 Å². The third-order valence-corrected chi connectivity index (χ3v) is 0.998. The maximum atomic E-state index is 9.82. The minimum atomic E-state index is -0.463. The Morgan fingerprint density at radius 2 is 2.11 bits per heavy atom. The van der Waals surface area contributed by atoms with Gasteiger partial charge >= 0.3 is 0 Å². The van der Waals surface area contributed by atoms with Crippen LogP contribution in [0.3, 0.4) is 0 Å². The molecule has 4 nitrogen and oxygen atoms in total. The van der Waals surface area contributed by atoms with Gasteiger partial charge in [0.2, 0.25) is 0 Å². The van der Waals surface area contributed by atoms with Crippen LogP contribution >= 0.6 is 0 Å². The average molecular weight is 130 g/mol. The van der Waals surface area contributed by atoms with Crippen molar-refractivity contribution in [1.82, 2.24) is 4.90 Å². The molecule has 0 aliphatic heterocycles. The first kappa shape index (κ1) is 7.94. The minimum absolute atomic E-state index is 0.463. The summed E-state index contributed by atoms with van der Waals surface area (Å²) in [5, 5.41) is 9.82. The largest absolute Gasteiger partial charge is 0.376 e. The lowest BCUT2D eigenvalue weighted by molar-refractivity contribution is -0.404. The first-order valence-electron chi connectivity index (χ1n) is 2.53. The Morgan fingerprint density at radius 3 is 2.22 bits per heavy atom. The zero-order valence-electron chi connectivity index (χ0n) is 5.79. The van der Waals surface area contributed by atoms with Crippen LogP contribution in [0.15, 0.2) is 11.9 Å². The molecule has 52 valence electrons. The SMILES string of the molecule is C/C(=C/[N+](=O)[O-])N(C)C. The molecule has 0 N–H and O–H groups in total. The maximum Gasteiger partial charge on any atom is 0.253 e. The van der Waals surface area contributed by atoms with E-state index in [2.05, 4.69) is 0 Å². The molecule has 0 aliphatic rings. The first-order valence-corrected chi connectivity index (χ1v) is 2.53. The predicted molar refractivity (Wildman–Crippen MR) is 34.4 cm³/mol. The van der Waals surface area contributed by atoms with E-state index in [1.165, 1.54) is 0 Å².